The van der Waals surface area contributed by atoms with Crippen molar-refractivity contribution >= 4 is 0 Å². The van der Waals surface area contributed by atoms with Crippen LogP contribution in [0.25, 0.3) is 0 Å². The van der Waals surface area contributed by atoms with Gasteiger partial charge in [-0.15, -0.1) is 0 Å². The molecule has 16 heavy (non-hydrogen) atoms. The quantitative estimate of drug-likeness (QED) is 0.570. The fourth-order valence-corrected chi connectivity index (χ4v) is 1.45. The molecular formula is C11H23F2NO2. The van der Waals surface area contributed by atoms with E-state index in [4.69, 9.17) is 4.74 Å². The number of aliphatic hydroxyl groups is 1. The van der Waals surface area contributed by atoms with Gasteiger partial charge in [-0.2, -0.15) is 0 Å². The zero-order chi connectivity index (χ0) is 12.4. The summed E-state index contributed by atoms with van der Waals surface area (Å²) in [5.41, 5.74) is -0.0945. The van der Waals surface area contributed by atoms with Crippen molar-refractivity contribution in [3.05, 3.63) is 0 Å². The number of hydrogen-bond acceptors (Lipinski definition) is 3. The maximum absolute atomic E-state index is 11.7. The highest BCUT2D eigenvalue weighted by Crippen LogP contribution is 2.24. The number of aliphatic hydroxyl groups excluding tert-OH is 1. The molecule has 0 bridgehead atoms. The Balaban J connectivity index is 3.55. The number of nitrogens with one attached hydrogen (secondary N) is 1. The van der Waals surface area contributed by atoms with Gasteiger partial charge in [0.15, 0.2) is 0 Å². The van der Waals surface area contributed by atoms with Gasteiger partial charge in [-0.05, 0) is 12.8 Å². The second-order valence-electron chi connectivity index (χ2n) is 4.01. The highest BCUT2D eigenvalue weighted by molar-refractivity contribution is 4.77. The fraction of sp³-hybridized carbons (Fsp3) is 1.00. The van der Waals surface area contributed by atoms with E-state index in [1.54, 1.807) is 0 Å². The molecule has 0 aliphatic heterocycles. The average Bonchev–Trinajstić information content (AvgIpc) is 2.29. The Hall–Kier alpha value is -0.260. The summed E-state index contributed by atoms with van der Waals surface area (Å²) in [6, 6.07) is 0. The lowest BCUT2D eigenvalue weighted by molar-refractivity contribution is 0.0174. The summed E-state index contributed by atoms with van der Waals surface area (Å²) >= 11 is 0. The van der Waals surface area contributed by atoms with E-state index in [2.05, 4.69) is 5.32 Å². The zero-order valence-corrected chi connectivity index (χ0v) is 10.1. The molecule has 0 amide bonds. The largest absolute Gasteiger partial charge is 0.396 e. The molecule has 0 aromatic rings. The Morgan fingerprint density at radius 1 is 1.31 bits per heavy atom. The van der Waals surface area contributed by atoms with Crippen LogP contribution in [0.3, 0.4) is 0 Å². The lowest BCUT2D eigenvalue weighted by atomic mass is 9.83. The van der Waals surface area contributed by atoms with Crippen molar-refractivity contribution in [2.24, 2.45) is 5.41 Å². The van der Waals surface area contributed by atoms with Gasteiger partial charge in [-0.1, -0.05) is 13.8 Å². The molecule has 0 aromatic heterocycles. The Morgan fingerprint density at radius 3 is 2.38 bits per heavy atom. The number of rotatable bonds is 10. The molecule has 0 saturated heterocycles. The molecule has 3 nitrogen and oxygen atoms in total. The van der Waals surface area contributed by atoms with Crippen molar-refractivity contribution in [3.8, 4) is 0 Å². The van der Waals surface area contributed by atoms with E-state index >= 15 is 0 Å². The van der Waals surface area contributed by atoms with E-state index in [1.807, 2.05) is 13.8 Å². The first-order valence-corrected chi connectivity index (χ1v) is 5.77. The van der Waals surface area contributed by atoms with Crippen LogP contribution in [0.5, 0.6) is 0 Å². The van der Waals surface area contributed by atoms with Gasteiger partial charge in [0.1, 0.15) is 6.61 Å². The van der Waals surface area contributed by atoms with Crippen molar-refractivity contribution < 1.29 is 18.6 Å². The number of ether oxygens (including phenoxy) is 1. The van der Waals surface area contributed by atoms with Gasteiger partial charge in [-0.25, -0.2) is 8.78 Å². The molecule has 5 heteroatoms. The molecule has 98 valence electrons. The molecule has 0 saturated carbocycles. The lowest BCUT2D eigenvalue weighted by Gasteiger charge is -2.29. The average molecular weight is 239 g/mol. The number of hydrogen-bond donors (Lipinski definition) is 2. The molecule has 0 atom stereocenters. The minimum atomic E-state index is -2.40. The van der Waals surface area contributed by atoms with E-state index in [-0.39, 0.29) is 18.6 Å². The first kappa shape index (κ1) is 15.7. The molecule has 2 N–H and O–H groups in total. The zero-order valence-electron chi connectivity index (χ0n) is 10.1. The minimum Gasteiger partial charge on any atom is -0.396 e. The molecule has 0 spiro atoms. The van der Waals surface area contributed by atoms with Gasteiger partial charge in [0, 0.05) is 25.1 Å². The summed E-state index contributed by atoms with van der Waals surface area (Å²) in [5.74, 6) is 0. The maximum atomic E-state index is 11.7. The third-order valence-electron chi connectivity index (χ3n) is 3.00. The Morgan fingerprint density at radius 2 is 1.94 bits per heavy atom. The molecule has 0 heterocycles. The summed E-state index contributed by atoms with van der Waals surface area (Å²) < 4.78 is 28.2. The molecule has 0 aliphatic rings. The second kappa shape index (κ2) is 8.84. The van der Waals surface area contributed by atoms with Gasteiger partial charge < -0.3 is 15.2 Å². The Labute approximate surface area is 96.2 Å². The van der Waals surface area contributed by atoms with Gasteiger partial charge >= 0.3 is 0 Å². The summed E-state index contributed by atoms with van der Waals surface area (Å²) in [6.07, 6.45) is -0.613. The van der Waals surface area contributed by atoms with Crippen molar-refractivity contribution in [1.29, 1.82) is 0 Å². The second-order valence-corrected chi connectivity index (χ2v) is 4.01. The minimum absolute atomic E-state index is 0.0945. The molecule has 0 radical (unpaired) electrons. The summed E-state index contributed by atoms with van der Waals surface area (Å²) in [6.45, 7) is 5.21. The molecule has 0 rings (SSSR count). The van der Waals surface area contributed by atoms with E-state index in [0.29, 0.717) is 13.1 Å². The predicted octanol–water partition coefficient (Wildman–Crippen LogP) is 1.66. The van der Waals surface area contributed by atoms with E-state index < -0.39 is 13.0 Å². The van der Waals surface area contributed by atoms with Crippen LogP contribution in [0.15, 0.2) is 0 Å². The van der Waals surface area contributed by atoms with E-state index in [1.165, 1.54) is 0 Å². The van der Waals surface area contributed by atoms with Crippen molar-refractivity contribution in [2.45, 2.75) is 33.1 Å². The van der Waals surface area contributed by atoms with Crippen LogP contribution >= 0.6 is 0 Å². The standard InChI is InChI=1S/C11H23F2NO2/c1-3-11(4-2,9-15)8-14-5-6-16-7-10(12)13/h10,14-15H,3-9H2,1-2H3. The van der Waals surface area contributed by atoms with Gasteiger partial charge in [0.05, 0.1) is 6.61 Å². The lowest BCUT2D eigenvalue weighted by Crippen LogP contribution is -2.37. The highest BCUT2D eigenvalue weighted by Gasteiger charge is 2.24. The van der Waals surface area contributed by atoms with Crippen LogP contribution in [0.2, 0.25) is 0 Å². The summed E-state index contributed by atoms with van der Waals surface area (Å²) in [5, 5.41) is 12.4. The van der Waals surface area contributed by atoms with Crippen molar-refractivity contribution in [2.75, 3.05) is 32.9 Å². The van der Waals surface area contributed by atoms with Gasteiger partial charge in [-0.3, -0.25) is 0 Å². The van der Waals surface area contributed by atoms with Crippen molar-refractivity contribution in [1.82, 2.24) is 5.32 Å². The Kier molecular flexibility index (Phi) is 8.70. The Bertz CT molecular complexity index is 156. The van der Waals surface area contributed by atoms with Crippen LogP contribution in [0.4, 0.5) is 8.78 Å². The van der Waals surface area contributed by atoms with Crippen LogP contribution < -0.4 is 5.32 Å². The maximum Gasteiger partial charge on any atom is 0.261 e. The molecule has 0 aliphatic carbocycles. The number of halogens is 2. The predicted molar refractivity (Wildman–Crippen MR) is 59.8 cm³/mol. The van der Waals surface area contributed by atoms with E-state index in [9.17, 15) is 13.9 Å². The topological polar surface area (TPSA) is 41.5 Å². The SMILES string of the molecule is CCC(CC)(CO)CNCCOCC(F)F. The third kappa shape index (κ3) is 6.35. The van der Waals surface area contributed by atoms with Gasteiger partial charge in [0.25, 0.3) is 6.43 Å². The van der Waals surface area contributed by atoms with Crippen LogP contribution in [0, 0.1) is 5.41 Å². The summed E-state index contributed by atoms with van der Waals surface area (Å²) in [4.78, 5) is 0. The smallest absolute Gasteiger partial charge is 0.261 e. The van der Waals surface area contributed by atoms with Crippen molar-refractivity contribution in [3.63, 3.8) is 0 Å². The van der Waals surface area contributed by atoms with Gasteiger partial charge in [0.2, 0.25) is 0 Å². The number of alkyl halides is 2. The van der Waals surface area contributed by atoms with E-state index in [0.717, 1.165) is 12.8 Å². The molecule has 0 aromatic carbocycles. The first-order valence-electron chi connectivity index (χ1n) is 5.77. The summed E-state index contributed by atoms with van der Waals surface area (Å²) in [7, 11) is 0. The monoisotopic (exact) mass is 239 g/mol. The normalized spacial score (nSPS) is 12.4. The van der Waals surface area contributed by atoms with Crippen LogP contribution in [-0.2, 0) is 4.74 Å². The third-order valence-corrected chi connectivity index (χ3v) is 3.00. The van der Waals surface area contributed by atoms with Crippen LogP contribution in [-0.4, -0.2) is 44.4 Å². The molecule has 0 unspecified atom stereocenters. The van der Waals surface area contributed by atoms with Crippen LogP contribution in [0.1, 0.15) is 26.7 Å². The highest BCUT2D eigenvalue weighted by atomic mass is 19.3. The fourth-order valence-electron chi connectivity index (χ4n) is 1.45. The molecule has 0 fully saturated rings. The first-order chi connectivity index (χ1) is 7.60. The molecular weight excluding hydrogens is 216 g/mol.